The third-order valence-electron chi connectivity index (χ3n) is 0. The van der Waals surface area contributed by atoms with Crippen LogP contribution in [0, 0.1) is 0 Å². The molecule has 0 aliphatic rings. The first-order valence-electron chi connectivity index (χ1n) is 0.535. The van der Waals surface area contributed by atoms with Crippen molar-refractivity contribution in [3.05, 3.63) is 0 Å². The van der Waals surface area contributed by atoms with Gasteiger partial charge in [0, 0.05) is 0 Å². The van der Waals surface area contributed by atoms with E-state index in [1.807, 2.05) is 0 Å². The summed E-state index contributed by atoms with van der Waals surface area (Å²) in [6, 6.07) is 0. The van der Waals surface area contributed by atoms with E-state index in [9.17, 15) is 6.63 Å². The van der Waals surface area contributed by atoms with Crippen LogP contribution in [0.25, 0.3) is 0 Å². The molecular weight excluding hydrogens is 142 g/mol. The van der Waals surface area contributed by atoms with E-state index in [4.69, 9.17) is 0 Å². The number of halogens is 2. The number of rotatable bonds is 0. The zero-order chi connectivity index (χ0) is 2.71. The summed E-state index contributed by atoms with van der Waals surface area (Å²) in [5, 5.41) is 0. The summed E-state index contributed by atoms with van der Waals surface area (Å²) < 4.78 is 19.6. The van der Waals surface area contributed by atoms with Crippen molar-refractivity contribution in [1.29, 1.82) is 0 Å². The molecule has 4 heavy (non-hydrogen) atoms. The van der Waals surface area contributed by atoms with Gasteiger partial charge in [-0.1, -0.05) is 0 Å². The first-order chi connectivity index (χ1) is 1.41. The zero-order valence-corrected chi connectivity index (χ0v) is 4.43. The van der Waals surface area contributed by atoms with Crippen LogP contribution in [-0.2, 0) is 18.1 Å². The normalized spacial score (nSPS) is 2.50. The van der Waals surface area contributed by atoms with Crippen LogP contribution in [0.1, 0.15) is 0 Å². The van der Waals surface area contributed by atoms with Gasteiger partial charge in [-0.05, 0) is 0 Å². The van der Waals surface area contributed by atoms with Crippen molar-refractivity contribution in [2.45, 2.75) is 0 Å². The Labute approximate surface area is 74.5 Å². The van der Waals surface area contributed by atoms with Gasteiger partial charge in [-0.15, -0.1) is 0 Å². The average Bonchev–Trinajstić information content (AvgIpc) is 0.918. The Morgan fingerprint density at radius 2 is 1.25 bits per heavy atom. The van der Waals surface area contributed by atoms with Crippen LogP contribution in [0.2, 0.25) is 0 Å². The van der Waals surface area contributed by atoms with E-state index < -0.39 is 18.1 Å². The van der Waals surface area contributed by atoms with E-state index in [0.29, 0.717) is 0 Å². The van der Waals surface area contributed by atoms with E-state index >= 15 is 0 Å². The van der Waals surface area contributed by atoms with Crippen LogP contribution in [-0.4, -0.2) is 51.4 Å². The summed E-state index contributed by atoms with van der Waals surface area (Å²) in [5.74, 6) is 0. The van der Waals surface area contributed by atoms with E-state index in [1.54, 1.807) is 0 Å². The molecule has 0 saturated carbocycles. The molecule has 0 amide bonds. The standard InChI is InChI=1S/2FH.K.Zn.H/h2*1H;;;/q;;;+2;/p-2. The fourth-order valence-corrected chi connectivity index (χ4v) is 0. The molecule has 0 saturated heterocycles. The maximum absolute atomic E-state index is 9.81. The van der Waals surface area contributed by atoms with Crippen molar-refractivity contribution in [1.82, 2.24) is 0 Å². The maximum atomic E-state index is 9.81. The van der Waals surface area contributed by atoms with Gasteiger partial charge in [0.2, 0.25) is 0 Å². The Morgan fingerprint density at radius 1 is 1.25 bits per heavy atom. The summed E-state index contributed by atoms with van der Waals surface area (Å²) in [7, 11) is 0. The van der Waals surface area contributed by atoms with Crippen LogP contribution in [0.15, 0.2) is 0 Å². The second-order valence-electron chi connectivity index (χ2n) is 0.101. The topological polar surface area (TPSA) is 0 Å². The van der Waals surface area contributed by atoms with Crippen LogP contribution < -0.4 is 0 Å². The molecule has 0 aliphatic carbocycles. The second kappa shape index (κ2) is 8.93. The number of hydrogen-bond acceptors (Lipinski definition) is 0. The van der Waals surface area contributed by atoms with Crippen molar-refractivity contribution in [2.75, 3.05) is 0 Å². The third-order valence-corrected chi connectivity index (χ3v) is 0. The fourth-order valence-electron chi connectivity index (χ4n) is 0. The van der Waals surface area contributed by atoms with Gasteiger partial charge in [0.15, 0.2) is 0 Å². The van der Waals surface area contributed by atoms with Crippen LogP contribution in [0.4, 0.5) is 6.63 Å². The fraction of sp³-hybridized carbons (Fsp3) is 0. The van der Waals surface area contributed by atoms with Gasteiger partial charge in [-0.25, -0.2) is 0 Å². The molecule has 18 valence electrons. The molecule has 0 unspecified atom stereocenters. The summed E-state index contributed by atoms with van der Waals surface area (Å²) in [6.07, 6.45) is 0. The third kappa shape index (κ3) is 8.92. The van der Waals surface area contributed by atoms with Gasteiger partial charge >= 0.3 is 76.1 Å². The molecule has 0 heterocycles. The molecule has 0 radical (unpaired) electrons. The molecule has 0 rings (SSSR count). The van der Waals surface area contributed by atoms with Crippen LogP contribution in [0.5, 0.6) is 0 Å². The van der Waals surface area contributed by atoms with Gasteiger partial charge in [-0.2, -0.15) is 0 Å². The molecular formula is HF2KZn. The van der Waals surface area contributed by atoms with E-state index in [2.05, 4.69) is 0 Å². The molecule has 0 aliphatic heterocycles. The summed E-state index contributed by atoms with van der Waals surface area (Å²) in [4.78, 5) is 0. The molecule has 0 spiro atoms. The molecule has 0 N–H and O–H groups in total. The van der Waals surface area contributed by atoms with Gasteiger partial charge in [0.25, 0.3) is 0 Å². The predicted octanol–water partition coefficient (Wildman–Crippen LogP) is 0.189. The predicted molar refractivity (Wildman–Crippen MR) is 9.37 cm³/mol. The molecule has 4 heteroatoms. The van der Waals surface area contributed by atoms with Crippen LogP contribution in [0.3, 0.4) is 0 Å². The van der Waals surface area contributed by atoms with Crippen molar-refractivity contribution >= 4 is 51.4 Å². The minimum absolute atomic E-state index is 0. The minimum atomic E-state index is -2.88. The Balaban J connectivity index is 0. The Hall–Kier alpha value is 2.12. The monoisotopic (exact) mass is 142 g/mol. The van der Waals surface area contributed by atoms with E-state index in [1.165, 1.54) is 0 Å². The molecule has 0 bridgehead atoms. The molecule has 0 nitrogen and oxygen atoms in total. The summed E-state index contributed by atoms with van der Waals surface area (Å²) in [5.41, 5.74) is 0. The summed E-state index contributed by atoms with van der Waals surface area (Å²) in [6.45, 7) is 0. The Morgan fingerprint density at radius 3 is 1.25 bits per heavy atom. The SMILES string of the molecule is [F][Zn][F].[KH]. The van der Waals surface area contributed by atoms with Crippen molar-refractivity contribution in [2.24, 2.45) is 0 Å². The van der Waals surface area contributed by atoms with Gasteiger partial charge < -0.3 is 0 Å². The Kier molecular flexibility index (Phi) is 21.1. The van der Waals surface area contributed by atoms with E-state index in [-0.39, 0.29) is 51.4 Å². The summed E-state index contributed by atoms with van der Waals surface area (Å²) >= 11 is -2.88. The van der Waals surface area contributed by atoms with E-state index in [0.717, 1.165) is 0 Å². The molecule has 0 fully saturated rings. The first kappa shape index (κ1) is 9.45. The molecule has 0 aromatic heterocycles. The first-order valence-corrected chi connectivity index (χ1v) is 2.78. The van der Waals surface area contributed by atoms with Crippen molar-refractivity contribution in [3.63, 3.8) is 0 Å². The van der Waals surface area contributed by atoms with Gasteiger partial charge in [0.05, 0.1) is 0 Å². The molecule has 0 aromatic carbocycles. The average molecular weight is 143 g/mol. The second-order valence-corrected chi connectivity index (χ2v) is 0.525. The van der Waals surface area contributed by atoms with Gasteiger partial charge in [0.1, 0.15) is 0 Å². The quantitative estimate of drug-likeness (QED) is 0.425. The number of hydrogen-bond donors (Lipinski definition) is 0. The molecule has 0 atom stereocenters. The van der Waals surface area contributed by atoms with Crippen molar-refractivity contribution in [3.8, 4) is 0 Å². The zero-order valence-electron chi connectivity index (χ0n) is 1.46. The Bertz CT molecular complexity index is 6.00. The van der Waals surface area contributed by atoms with Crippen LogP contribution >= 0.6 is 0 Å². The van der Waals surface area contributed by atoms with Crippen molar-refractivity contribution < 1.29 is 24.8 Å². The molecule has 0 aromatic rings. The van der Waals surface area contributed by atoms with Gasteiger partial charge in [-0.3, -0.25) is 0 Å².